The minimum Gasteiger partial charge on any atom is -0.345 e. The first-order chi connectivity index (χ1) is 12.1. The van der Waals surface area contributed by atoms with Crippen LogP contribution in [0.1, 0.15) is 52.0 Å². The largest absolute Gasteiger partial charge is 0.345 e. The summed E-state index contributed by atoms with van der Waals surface area (Å²) >= 11 is 0. The summed E-state index contributed by atoms with van der Waals surface area (Å²) < 4.78 is 25.4. The van der Waals surface area contributed by atoms with E-state index in [4.69, 9.17) is 0 Å². The molecule has 2 aromatic rings. The maximum absolute atomic E-state index is 12.7. The Hall–Kier alpha value is -2.34. The van der Waals surface area contributed by atoms with Crippen molar-refractivity contribution in [2.45, 2.75) is 40.2 Å². The van der Waals surface area contributed by atoms with Crippen molar-refractivity contribution in [3.63, 3.8) is 0 Å². The van der Waals surface area contributed by atoms with E-state index in [1.807, 2.05) is 32.9 Å². The number of rotatable bonds is 6. The van der Waals surface area contributed by atoms with Gasteiger partial charge in [-0.05, 0) is 56.0 Å². The molecule has 0 spiro atoms. The fourth-order valence-electron chi connectivity index (χ4n) is 2.93. The number of hydrogen-bond donors (Lipinski definition) is 2. The Labute approximate surface area is 155 Å². The van der Waals surface area contributed by atoms with E-state index < -0.39 is 10.0 Å². The number of carbonyl (C=O) groups is 1. The summed E-state index contributed by atoms with van der Waals surface area (Å²) in [5, 5.41) is 3.05. The predicted molar refractivity (Wildman–Crippen MR) is 106 cm³/mol. The molecule has 0 bridgehead atoms. The molecule has 1 unspecified atom stereocenters. The van der Waals surface area contributed by atoms with Gasteiger partial charge in [-0.1, -0.05) is 36.8 Å². The van der Waals surface area contributed by atoms with Gasteiger partial charge in [0, 0.05) is 5.56 Å². The predicted octanol–water partition coefficient (Wildman–Crippen LogP) is 3.86. The molecule has 1 amide bonds. The molecule has 2 rings (SSSR count). The number of aryl methyl sites for hydroxylation is 3. The molecule has 0 aliphatic heterocycles. The molecule has 2 N–H and O–H groups in total. The second-order valence-electron chi connectivity index (χ2n) is 6.70. The molecule has 1 atom stereocenters. The van der Waals surface area contributed by atoms with Gasteiger partial charge in [-0.25, -0.2) is 8.42 Å². The van der Waals surface area contributed by atoms with E-state index >= 15 is 0 Å². The molecule has 0 aromatic heterocycles. The molecule has 0 heterocycles. The lowest BCUT2D eigenvalue weighted by molar-refractivity contribution is 0.0935. The third-order valence-corrected chi connectivity index (χ3v) is 4.90. The van der Waals surface area contributed by atoms with Gasteiger partial charge in [0.05, 0.1) is 18.0 Å². The van der Waals surface area contributed by atoms with Gasteiger partial charge in [0.15, 0.2) is 0 Å². The Balaban J connectivity index is 2.26. The maximum atomic E-state index is 12.7. The molecule has 0 aliphatic carbocycles. The molecule has 0 saturated heterocycles. The molecule has 0 saturated carbocycles. The Morgan fingerprint density at radius 2 is 1.73 bits per heavy atom. The topological polar surface area (TPSA) is 75.3 Å². The third kappa shape index (κ3) is 5.08. The fourth-order valence-corrected chi connectivity index (χ4v) is 3.55. The van der Waals surface area contributed by atoms with Gasteiger partial charge < -0.3 is 5.32 Å². The normalized spacial score (nSPS) is 12.5. The molecular formula is C20H26N2O3S. The first-order valence-electron chi connectivity index (χ1n) is 8.57. The van der Waals surface area contributed by atoms with Crippen LogP contribution < -0.4 is 10.0 Å². The van der Waals surface area contributed by atoms with Crippen molar-refractivity contribution in [2.75, 3.05) is 11.0 Å². The number of amides is 1. The second-order valence-corrected chi connectivity index (χ2v) is 8.45. The Morgan fingerprint density at radius 3 is 2.31 bits per heavy atom. The SMILES string of the molecule is CCC(NC(=O)c1ccc(C)c(NS(C)(=O)=O)c1)c1ccc(C)cc1C. The van der Waals surface area contributed by atoms with Gasteiger partial charge in [-0.15, -0.1) is 0 Å². The summed E-state index contributed by atoms with van der Waals surface area (Å²) in [5.41, 5.74) is 5.01. The van der Waals surface area contributed by atoms with Crippen LogP contribution in [0.3, 0.4) is 0 Å². The zero-order chi connectivity index (χ0) is 19.5. The van der Waals surface area contributed by atoms with Crippen molar-refractivity contribution in [2.24, 2.45) is 0 Å². The molecule has 2 aromatic carbocycles. The summed E-state index contributed by atoms with van der Waals surface area (Å²) in [6.45, 7) is 7.89. The van der Waals surface area contributed by atoms with E-state index in [1.54, 1.807) is 25.1 Å². The number of carbonyl (C=O) groups excluding carboxylic acids is 1. The molecule has 5 nitrogen and oxygen atoms in total. The summed E-state index contributed by atoms with van der Waals surface area (Å²) in [6, 6.07) is 11.1. The molecule has 140 valence electrons. The molecule has 0 aliphatic rings. The number of sulfonamides is 1. The van der Waals surface area contributed by atoms with E-state index in [9.17, 15) is 13.2 Å². The highest BCUT2D eigenvalue weighted by Crippen LogP contribution is 2.23. The molecular weight excluding hydrogens is 348 g/mol. The van der Waals surface area contributed by atoms with Crippen LogP contribution >= 0.6 is 0 Å². The monoisotopic (exact) mass is 374 g/mol. The highest BCUT2D eigenvalue weighted by atomic mass is 32.2. The Kier molecular flexibility index (Phi) is 6.08. The lowest BCUT2D eigenvalue weighted by atomic mass is 9.97. The zero-order valence-corrected chi connectivity index (χ0v) is 16.7. The van der Waals surface area contributed by atoms with Gasteiger partial charge in [-0.2, -0.15) is 0 Å². The maximum Gasteiger partial charge on any atom is 0.251 e. The lowest BCUT2D eigenvalue weighted by Crippen LogP contribution is -2.28. The number of hydrogen-bond acceptors (Lipinski definition) is 3. The van der Waals surface area contributed by atoms with E-state index in [1.165, 1.54) is 5.56 Å². The average Bonchev–Trinajstić information content (AvgIpc) is 2.53. The van der Waals surface area contributed by atoms with E-state index in [0.29, 0.717) is 11.3 Å². The summed E-state index contributed by atoms with van der Waals surface area (Å²) in [4.78, 5) is 12.7. The molecule has 0 fully saturated rings. The van der Waals surface area contributed by atoms with Crippen molar-refractivity contribution in [3.8, 4) is 0 Å². The van der Waals surface area contributed by atoms with Crippen LogP contribution in [-0.4, -0.2) is 20.6 Å². The van der Waals surface area contributed by atoms with Crippen LogP contribution in [0.4, 0.5) is 5.69 Å². The van der Waals surface area contributed by atoms with Gasteiger partial charge in [0.1, 0.15) is 0 Å². The van der Waals surface area contributed by atoms with Crippen LogP contribution in [0.2, 0.25) is 0 Å². The Bertz CT molecular complexity index is 921. The van der Waals surface area contributed by atoms with Crippen molar-refractivity contribution >= 4 is 21.6 Å². The van der Waals surface area contributed by atoms with Crippen molar-refractivity contribution < 1.29 is 13.2 Å². The van der Waals surface area contributed by atoms with Crippen LogP contribution in [0.25, 0.3) is 0 Å². The number of benzene rings is 2. The van der Waals surface area contributed by atoms with Crippen molar-refractivity contribution in [1.82, 2.24) is 5.32 Å². The van der Waals surface area contributed by atoms with Crippen LogP contribution in [0.5, 0.6) is 0 Å². The van der Waals surface area contributed by atoms with Crippen LogP contribution in [-0.2, 0) is 10.0 Å². The number of anilines is 1. The minimum atomic E-state index is -3.40. The molecule has 0 radical (unpaired) electrons. The third-order valence-electron chi connectivity index (χ3n) is 4.31. The van der Waals surface area contributed by atoms with Crippen molar-refractivity contribution in [1.29, 1.82) is 0 Å². The minimum absolute atomic E-state index is 0.101. The summed E-state index contributed by atoms with van der Waals surface area (Å²) in [6.07, 6.45) is 1.85. The fraction of sp³-hybridized carbons (Fsp3) is 0.350. The lowest BCUT2D eigenvalue weighted by Gasteiger charge is -2.20. The van der Waals surface area contributed by atoms with Gasteiger partial charge in [0.2, 0.25) is 10.0 Å². The van der Waals surface area contributed by atoms with Crippen LogP contribution in [0.15, 0.2) is 36.4 Å². The quantitative estimate of drug-likeness (QED) is 0.806. The molecule has 6 heteroatoms. The van der Waals surface area contributed by atoms with Gasteiger partial charge >= 0.3 is 0 Å². The van der Waals surface area contributed by atoms with Crippen LogP contribution in [0, 0.1) is 20.8 Å². The standard InChI is InChI=1S/C20H26N2O3S/c1-6-18(17-10-7-13(2)11-15(17)4)21-20(23)16-9-8-14(3)19(12-16)22-26(5,24)25/h7-12,18,22H,6H2,1-5H3,(H,21,23). The van der Waals surface area contributed by atoms with E-state index in [2.05, 4.69) is 16.1 Å². The summed E-state index contributed by atoms with van der Waals surface area (Å²) in [7, 11) is -3.40. The van der Waals surface area contributed by atoms with Crippen molar-refractivity contribution in [3.05, 3.63) is 64.2 Å². The van der Waals surface area contributed by atoms with Gasteiger partial charge in [-0.3, -0.25) is 9.52 Å². The Morgan fingerprint density at radius 1 is 1.04 bits per heavy atom. The van der Waals surface area contributed by atoms with Gasteiger partial charge in [0.25, 0.3) is 5.91 Å². The smallest absolute Gasteiger partial charge is 0.251 e. The summed E-state index contributed by atoms with van der Waals surface area (Å²) in [5.74, 6) is -0.228. The zero-order valence-electron chi connectivity index (χ0n) is 15.9. The second kappa shape index (κ2) is 7.91. The molecule has 26 heavy (non-hydrogen) atoms. The number of nitrogens with one attached hydrogen (secondary N) is 2. The first kappa shape index (κ1) is 20.0. The highest BCUT2D eigenvalue weighted by Gasteiger charge is 2.17. The first-order valence-corrected chi connectivity index (χ1v) is 10.5. The highest BCUT2D eigenvalue weighted by molar-refractivity contribution is 7.92. The van der Waals surface area contributed by atoms with E-state index in [0.717, 1.165) is 29.4 Å². The van der Waals surface area contributed by atoms with E-state index in [-0.39, 0.29) is 11.9 Å². The average molecular weight is 375 g/mol.